The van der Waals surface area contributed by atoms with Gasteiger partial charge in [0.25, 0.3) is 5.91 Å². The van der Waals surface area contributed by atoms with Gasteiger partial charge in [-0.15, -0.1) is 4.36 Å². The number of hydrogen-bond acceptors (Lipinski definition) is 8. The Balaban J connectivity index is 1.25. The van der Waals surface area contributed by atoms with Gasteiger partial charge in [-0.1, -0.05) is 29.8 Å². The molecule has 7 rings (SSSR count). The molecule has 1 saturated carbocycles. The van der Waals surface area contributed by atoms with Crippen LogP contribution in [0.15, 0.2) is 65.6 Å². The minimum absolute atomic E-state index is 0.0181. The number of aromatic nitrogens is 3. The molecule has 2 bridgehead atoms. The van der Waals surface area contributed by atoms with Gasteiger partial charge < -0.3 is 14.4 Å². The molecular formula is C36H43ClN6O5S. The van der Waals surface area contributed by atoms with Crippen molar-refractivity contribution in [2.75, 3.05) is 37.5 Å². The predicted molar refractivity (Wildman–Crippen MR) is 188 cm³/mol. The molecular weight excluding hydrogens is 664 g/mol. The molecule has 4 aliphatic rings. The van der Waals surface area contributed by atoms with Crippen LogP contribution in [0.25, 0.3) is 0 Å². The molecule has 3 heterocycles. The lowest BCUT2D eigenvalue weighted by atomic mass is 9.68. The molecule has 1 spiro atoms. The third kappa shape index (κ3) is 7.27. The summed E-state index contributed by atoms with van der Waals surface area (Å²) < 4.78 is 35.1. The molecule has 13 heteroatoms. The van der Waals surface area contributed by atoms with E-state index in [2.05, 4.69) is 48.4 Å². The van der Waals surface area contributed by atoms with Crippen molar-refractivity contribution in [2.24, 2.45) is 16.2 Å². The number of rotatable bonds is 5. The maximum absolute atomic E-state index is 14.2. The van der Waals surface area contributed by atoms with Gasteiger partial charge in [-0.25, -0.2) is 9.19 Å². The van der Waals surface area contributed by atoms with E-state index in [0.29, 0.717) is 42.6 Å². The first-order valence-electron chi connectivity index (χ1n) is 17.2. The Hall–Kier alpha value is -3.74. The van der Waals surface area contributed by atoms with E-state index >= 15 is 0 Å². The average molecular weight is 707 g/mol. The summed E-state index contributed by atoms with van der Waals surface area (Å²) in [6.45, 7) is 2.28. The summed E-state index contributed by atoms with van der Waals surface area (Å²) in [6, 6.07) is 11.6. The van der Waals surface area contributed by atoms with Crippen molar-refractivity contribution < 1.29 is 23.3 Å². The molecule has 2 aliphatic heterocycles. The van der Waals surface area contributed by atoms with Gasteiger partial charge in [0.05, 0.1) is 30.7 Å². The largest absolute Gasteiger partial charge is 0.490 e. The fourth-order valence-corrected chi connectivity index (χ4v) is 9.73. The molecule has 1 aromatic heterocycles. The number of nitrogens with zero attached hydrogens (tertiary/aromatic N) is 5. The van der Waals surface area contributed by atoms with Gasteiger partial charge >= 0.3 is 0 Å². The van der Waals surface area contributed by atoms with Crippen LogP contribution in [0.5, 0.6) is 5.75 Å². The van der Waals surface area contributed by atoms with Crippen LogP contribution < -0.4 is 14.4 Å². The number of anilines is 1. The fraction of sp³-hybridized carbons (Fsp3) is 0.500. The highest BCUT2D eigenvalue weighted by molar-refractivity contribution is 7.92. The summed E-state index contributed by atoms with van der Waals surface area (Å²) in [4.78, 5) is 33.0. The van der Waals surface area contributed by atoms with Gasteiger partial charge in [0.2, 0.25) is 5.91 Å². The second-order valence-electron chi connectivity index (χ2n) is 13.7. The molecule has 0 radical (unpaired) electrons. The van der Waals surface area contributed by atoms with E-state index in [4.69, 9.17) is 21.1 Å². The van der Waals surface area contributed by atoms with Crippen molar-refractivity contribution in [2.45, 2.75) is 69.4 Å². The first-order chi connectivity index (χ1) is 23.7. The highest BCUT2D eigenvalue weighted by atomic mass is 35.5. The Morgan fingerprint density at radius 2 is 2.10 bits per heavy atom. The SMILES string of the molecule is CO[C@H]1/C=C/CCC[S@@](=O)(NC(=O)CCn2cncn2)=NC(=O)c2ccc3c(c2)N(C[C@@H]2CC[C@H]21)C[C@@]1(CCCc2cc(Cl)ccc21)CO3. The molecule has 260 valence electrons. The molecule has 0 saturated heterocycles. The maximum Gasteiger partial charge on any atom is 0.286 e. The topological polar surface area (TPSA) is 128 Å². The van der Waals surface area contributed by atoms with Crippen molar-refractivity contribution in [1.82, 2.24) is 19.5 Å². The van der Waals surface area contributed by atoms with Crippen LogP contribution in [0.2, 0.25) is 5.02 Å². The average Bonchev–Trinajstić information content (AvgIpc) is 3.55. The summed E-state index contributed by atoms with van der Waals surface area (Å²) in [5, 5.41) is 4.76. The summed E-state index contributed by atoms with van der Waals surface area (Å²) >= 11 is 6.44. The zero-order valence-corrected chi connectivity index (χ0v) is 29.3. The molecule has 2 amide bonds. The van der Waals surface area contributed by atoms with Crippen LogP contribution in [-0.2, 0) is 37.8 Å². The minimum atomic E-state index is -3.42. The maximum atomic E-state index is 14.2. The third-order valence-corrected chi connectivity index (χ3v) is 12.6. The lowest BCUT2D eigenvalue weighted by Gasteiger charge is -2.46. The molecule has 1 fully saturated rings. The molecule has 11 nitrogen and oxygen atoms in total. The van der Waals surface area contributed by atoms with Crippen molar-refractivity contribution in [3.63, 3.8) is 0 Å². The van der Waals surface area contributed by atoms with E-state index in [1.807, 2.05) is 18.2 Å². The summed E-state index contributed by atoms with van der Waals surface area (Å²) in [6.07, 6.45) is 13.3. The zero-order chi connectivity index (χ0) is 34.0. The number of aryl methyl sites for hydroxylation is 2. The molecule has 5 atom stereocenters. The highest BCUT2D eigenvalue weighted by Crippen LogP contribution is 2.47. The van der Waals surface area contributed by atoms with E-state index in [9.17, 15) is 13.8 Å². The number of allylic oxidation sites excluding steroid dienone is 1. The van der Waals surface area contributed by atoms with Crippen LogP contribution in [0.1, 0.15) is 66.4 Å². The molecule has 3 aromatic rings. The highest BCUT2D eigenvalue weighted by Gasteiger charge is 2.44. The Bertz CT molecular complexity index is 1860. The smallest absolute Gasteiger partial charge is 0.286 e. The zero-order valence-electron chi connectivity index (χ0n) is 27.8. The molecule has 49 heavy (non-hydrogen) atoms. The molecule has 0 unspecified atom stereocenters. The second kappa shape index (κ2) is 14.2. The fourth-order valence-electron chi connectivity index (χ4n) is 7.91. The van der Waals surface area contributed by atoms with Gasteiger partial charge in [-0.05, 0) is 98.2 Å². The standard InChI is InChI=1S/C36H43ClN6O5S/c1-47-32-7-3-2-4-17-49(46,40-34(44)14-16-43-24-38-23-39-43)41-35(45)26-9-13-33-31(19-26)42(20-27-8-11-29(27)32)21-36(22-48-33)15-5-6-25-18-28(37)10-12-30(25)36/h3,7,9-10,12-13,18-19,23-24,27,29,32H,2,4-6,8,11,14-17,20-22H2,1H3,(H,40,41,44,45,46)/b7-3+/t27-,29+,32-,36-,49+/m0/s1. The quantitative estimate of drug-likeness (QED) is 0.344. The van der Waals surface area contributed by atoms with Crippen LogP contribution in [0.3, 0.4) is 0 Å². The number of amides is 2. The third-order valence-electron chi connectivity index (χ3n) is 10.6. The van der Waals surface area contributed by atoms with E-state index in [1.54, 1.807) is 13.2 Å². The van der Waals surface area contributed by atoms with Crippen LogP contribution in [0, 0.1) is 11.8 Å². The van der Waals surface area contributed by atoms with Gasteiger partial charge in [0.1, 0.15) is 28.3 Å². The Labute approximate surface area is 292 Å². The van der Waals surface area contributed by atoms with E-state index in [1.165, 1.54) is 28.5 Å². The minimum Gasteiger partial charge on any atom is -0.490 e. The monoisotopic (exact) mass is 706 g/mol. The van der Waals surface area contributed by atoms with Crippen LogP contribution >= 0.6 is 11.6 Å². The second-order valence-corrected chi connectivity index (χ2v) is 16.2. The lowest BCUT2D eigenvalue weighted by Crippen LogP contribution is -2.49. The number of fused-ring (bicyclic) bond motifs is 4. The normalized spacial score (nSPS) is 29.0. The number of hydrogen-bond donors (Lipinski definition) is 1. The summed E-state index contributed by atoms with van der Waals surface area (Å²) in [5.41, 5.74) is 3.41. The van der Waals surface area contributed by atoms with E-state index in [-0.39, 0.29) is 30.2 Å². The number of ether oxygens (including phenoxy) is 2. The number of methoxy groups -OCH3 is 1. The van der Waals surface area contributed by atoms with Crippen molar-refractivity contribution in [1.29, 1.82) is 0 Å². The van der Waals surface area contributed by atoms with Gasteiger partial charge in [-0.2, -0.15) is 5.10 Å². The first kappa shape index (κ1) is 33.7. The van der Waals surface area contributed by atoms with E-state index < -0.39 is 21.7 Å². The summed E-state index contributed by atoms with van der Waals surface area (Å²) in [7, 11) is -1.67. The number of carbonyl (C=O) groups excluding carboxylic acids is 2. The van der Waals surface area contributed by atoms with E-state index in [0.717, 1.165) is 55.9 Å². The van der Waals surface area contributed by atoms with Crippen molar-refractivity contribution in [3.05, 3.63) is 82.9 Å². The first-order valence-corrected chi connectivity index (χ1v) is 19.2. The number of halogens is 1. The number of nitrogens with one attached hydrogen (secondary N) is 1. The van der Waals surface area contributed by atoms with Crippen LogP contribution in [0.4, 0.5) is 5.69 Å². The lowest BCUT2D eigenvalue weighted by molar-refractivity contribution is -0.119. The van der Waals surface area contributed by atoms with Gasteiger partial charge in [-0.3, -0.25) is 19.0 Å². The van der Waals surface area contributed by atoms with Crippen LogP contribution in [-0.4, -0.2) is 69.5 Å². The number of benzene rings is 2. The molecule has 1 N–H and O–H groups in total. The van der Waals surface area contributed by atoms with Crippen molar-refractivity contribution >= 4 is 39.0 Å². The van der Waals surface area contributed by atoms with Gasteiger partial charge in [0.15, 0.2) is 0 Å². The predicted octanol–water partition coefficient (Wildman–Crippen LogP) is 5.53. The molecule has 2 aromatic carbocycles. The molecule has 2 aliphatic carbocycles. The number of carbonyl (C=O) groups is 2. The summed E-state index contributed by atoms with van der Waals surface area (Å²) in [5.74, 6) is 0.381. The van der Waals surface area contributed by atoms with Crippen molar-refractivity contribution in [3.8, 4) is 5.75 Å². The Morgan fingerprint density at radius 1 is 1.20 bits per heavy atom. The van der Waals surface area contributed by atoms with Gasteiger partial charge in [0, 0.05) is 42.6 Å². The Morgan fingerprint density at radius 3 is 2.90 bits per heavy atom. The Kier molecular flexibility index (Phi) is 9.81.